The quantitative estimate of drug-likeness (QED) is 0.725. The lowest BCUT2D eigenvalue weighted by Crippen LogP contribution is -2.31. The number of para-hydroxylation sites is 1. The van der Waals surface area contributed by atoms with Gasteiger partial charge in [-0.1, -0.05) is 23.4 Å². The van der Waals surface area contributed by atoms with Crippen LogP contribution in [-0.4, -0.2) is 16.0 Å². The van der Waals surface area contributed by atoms with Gasteiger partial charge in [0.1, 0.15) is 11.6 Å². The van der Waals surface area contributed by atoms with Crippen LogP contribution in [-0.2, 0) is 13.0 Å². The molecule has 1 N–H and O–H groups in total. The number of halogens is 1. The molecule has 0 saturated heterocycles. The van der Waals surface area contributed by atoms with Crippen LogP contribution < -0.4 is 10.1 Å². The fourth-order valence-corrected chi connectivity index (χ4v) is 3.49. The summed E-state index contributed by atoms with van der Waals surface area (Å²) in [5, 5.41) is 6.85. The Morgan fingerprint density at radius 3 is 3.00 bits per heavy atom. The molecule has 0 radical (unpaired) electrons. The molecule has 6 nitrogen and oxygen atoms in total. The van der Waals surface area contributed by atoms with E-state index in [4.69, 9.17) is 9.26 Å². The fourth-order valence-electron chi connectivity index (χ4n) is 3.49. The van der Waals surface area contributed by atoms with Crippen LogP contribution in [0, 0.1) is 12.7 Å². The number of nitrogens with zero attached hydrogens (tertiary/aromatic N) is 2. The van der Waals surface area contributed by atoms with Gasteiger partial charge in [-0.2, -0.15) is 4.98 Å². The van der Waals surface area contributed by atoms with Crippen LogP contribution in [0.5, 0.6) is 5.75 Å². The van der Waals surface area contributed by atoms with E-state index in [0.29, 0.717) is 23.0 Å². The Labute approximate surface area is 161 Å². The van der Waals surface area contributed by atoms with Gasteiger partial charge in [0.25, 0.3) is 5.91 Å². The van der Waals surface area contributed by atoms with E-state index >= 15 is 0 Å². The number of hydrogen-bond acceptors (Lipinski definition) is 5. The maximum absolute atomic E-state index is 13.5. The zero-order valence-corrected chi connectivity index (χ0v) is 15.4. The summed E-state index contributed by atoms with van der Waals surface area (Å²) in [7, 11) is 0. The predicted octanol–water partition coefficient (Wildman–Crippen LogP) is 3.90. The summed E-state index contributed by atoms with van der Waals surface area (Å²) in [5.74, 6) is 0.828. The Kier molecular flexibility index (Phi) is 5.06. The summed E-state index contributed by atoms with van der Waals surface area (Å²) in [6.45, 7) is 1.80. The normalized spacial score (nSPS) is 15.7. The fraction of sp³-hybridized carbons (Fsp3) is 0.286. The number of nitrogens with one attached hydrogen (secondary N) is 1. The Balaban J connectivity index is 1.50. The summed E-state index contributed by atoms with van der Waals surface area (Å²) in [4.78, 5) is 17.0. The molecule has 144 valence electrons. The summed E-state index contributed by atoms with van der Waals surface area (Å²) in [6, 6.07) is 11.6. The number of amides is 1. The van der Waals surface area contributed by atoms with Gasteiger partial charge in [0.2, 0.25) is 11.7 Å². The average molecular weight is 381 g/mol. The van der Waals surface area contributed by atoms with Crippen molar-refractivity contribution in [2.45, 2.75) is 38.8 Å². The maximum atomic E-state index is 13.5. The van der Waals surface area contributed by atoms with Crippen molar-refractivity contribution in [3.8, 4) is 5.75 Å². The van der Waals surface area contributed by atoms with Crippen molar-refractivity contribution in [3.63, 3.8) is 0 Å². The van der Waals surface area contributed by atoms with Crippen LogP contribution in [0.3, 0.4) is 0 Å². The van der Waals surface area contributed by atoms with Crippen molar-refractivity contribution in [3.05, 3.63) is 76.7 Å². The first-order valence-electron chi connectivity index (χ1n) is 9.20. The van der Waals surface area contributed by atoms with Gasteiger partial charge in [-0.3, -0.25) is 4.79 Å². The molecule has 1 amide bonds. The zero-order chi connectivity index (χ0) is 19.5. The van der Waals surface area contributed by atoms with E-state index in [1.807, 2.05) is 0 Å². The van der Waals surface area contributed by atoms with E-state index in [0.717, 1.165) is 30.4 Å². The molecule has 0 unspecified atom stereocenters. The van der Waals surface area contributed by atoms with Crippen molar-refractivity contribution >= 4 is 5.91 Å². The molecular formula is C21H20FN3O3. The van der Waals surface area contributed by atoms with E-state index in [1.165, 1.54) is 6.07 Å². The second-order valence-electron chi connectivity index (χ2n) is 6.78. The summed E-state index contributed by atoms with van der Waals surface area (Å²) < 4.78 is 24.2. The highest BCUT2D eigenvalue weighted by Gasteiger charge is 2.24. The van der Waals surface area contributed by atoms with Gasteiger partial charge in [0.05, 0.1) is 11.6 Å². The van der Waals surface area contributed by atoms with Gasteiger partial charge in [-0.15, -0.1) is 0 Å². The van der Waals surface area contributed by atoms with Crippen LogP contribution in [0.1, 0.15) is 52.1 Å². The van der Waals surface area contributed by atoms with Crippen LogP contribution in [0.4, 0.5) is 4.39 Å². The summed E-state index contributed by atoms with van der Waals surface area (Å²) in [5.41, 5.74) is 2.35. The van der Waals surface area contributed by atoms with Gasteiger partial charge in [0.15, 0.2) is 6.61 Å². The van der Waals surface area contributed by atoms with E-state index in [1.54, 1.807) is 43.3 Å². The van der Waals surface area contributed by atoms with Crippen LogP contribution in [0.25, 0.3) is 0 Å². The molecule has 1 aromatic heterocycles. The van der Waals surface area contributed by atoms with Crippen LogP contribution >= 0.6 is 0 Å². The highest BCUT2D eigenvalue weighted by Crippen LogP contribution is 2.31. The first kappa shape index (κ1) is 18.2. The largest absolute Gasteiger partial charge is 0.485 e. The zero-order valence-electron chi connectivity index (χ0n) is 15.4. The molecule has 7 heteroatoms. The minimum Gasteiger partial charge on any atom is -0.485 e. The molecule has 1 heterocycles. The molecule has 3 aromatic rings. The molecule has 0 bridgehead atoms. The smallest absolute Gasteiger partial charge is 0.255 e. The second-order valence-corrected chi connectivity index (χ2v) is 6.78. The molecule has 0 aliphatic heterocycles. The third kappa shape index (κ3) is 3.88. The number of carbonyl (C=O) groups excluding carboxylic acids is 1. The van der Waals surface area contributed by atoms with Gasteiger partial charge < -0.3 is 14.6 Å². The molecule has 0 saturated carbocycles. The number of ether oxygens (including phenoxy) is 1. The van der Waals surface area contributed by atoms with Crippen molar-refractivity contribution in [2.24, 2.45) is 0 Å². The first-order valence-corrected chi connectivity index (χ1v) is 9.20. The molecule has 0 spiro atoms. The number of fused-ring (bicyclic) bond motifs is 1. The summed E-state index contributed by atoms with van der Waals surface area (Å²) in [6.07, 6.45) is 2.54. The SMILES string of the molecule is Cc1nc(COc2ccccc2C(=O)N[C@@H]2CCCc3cc(F)ccc32)no1. The number of rotatable bonds is 5. The van der Waals surface area contributed by atoms with E-state index in [2.05, 4.69) is 15.5 Å². The topological polar surface area (TPSA) is 77.2 Å². The molecule has 1 aliphatic carbocycles. The Morgan fingerprint density at radius 2 is 2.18 bits per heavy atom. The van der Waals surface area contributed by atoms with Crippen LogP contribution in [0.15, 0.2) is 47.0 Å². The van der Waals surface area contributed by atoms with Gasteiger partial charge in [-0.05, 0) is 54.7 Å². The Morgan fingerprint density at radius 1 is 1.32 bits per heavy atom. The van der Waals surface area contributed by atoms with Gasteiger partial charge in [0, 0.05) is 6.92 Å². The van der Waals surface area contributed by atoms with E-state index < -0.39 is 0 Å². The lowest BCUT2D eigenvalue weighted by Gasteiger charge is -2.26. The third-order valence-corrected chi connectivity index (χ3v) is 4.78. The average Bonchev–Trinajstić information content (AvgIpc) is 3.11. The maximum Gasteiger partial charge on any atom is 0.255 e. The lowest BCUT2D eigenvalue weighted by atomic mass is 9.87. The molecule has 1 aliphatic rings. The third-order valence-electron chi connectivity index (χ3n) is 4.78. The van der Waals surface area contributed by atoms with Crippen molar-refractivity contribution < 1.29 is 18.4 Å². The second kappa shape index (κ2) is 7.80. The Bertz CT molecular complexity index is 1000. The number of carbonyl (C=O) groups is 1. The lowest BCUT2D eigenvalue weighted by molar-refractivity contribution is 0.0928. The van der Waals surface area contributed by atoms with Crippen molar-refractivity contribution in [1.82, 2.24) is 15.5 Å². The molecule has 2 aromatic carbocycles. The molecule has 28 heavy (non-hydrogen) atoms. The van der Waals surface area contributed by atoms with Gasteiger partial charge >= 0.3 is 0 Å². The number of aromatic nitrogens is 2. The number of hydrogen-bond donors (Lipinski definition) is 1. The number of aryl methyl sites for hydroxylation is 2. The highest BCUT2D eigenvalue weighted by atomic mass is 19.1. The minimum absolute atomic E-state index is 0.104. The number of benzene rings is 2. The van der Waals surface area contributed by atoms with Gasteiger partial charge in [-0.25, -0.2) is 4.39 Å². The van der Waals surface area contributed by atoms with Crippen LogP contribution in [0.2, 0.25) is 0 Å². The summed E-state index contributed by atoms with van der Waals surface area (Å²) >= 11 is 0. The van der Waals surface area contributed by atoms with Crippen molar-refractivity contribution in [1.29, 1.82) is 0 Å². The molecule has 1 atom stereocenters. The molecule has 0 fully saturated rings. The highest BCUT2D eigenvalue weighted by molar-refractivity contribution is 5.97. The van der Waals surface area contributed by atoms with Crippen molar-refractivity contribution in [2.75, 3.05) is 0 Å². The van der Waals surface area contributed by atoms with E-state index in [-0.39, 0.29) is 24.4 Å². The predicted molar refractivity (Wildman–Crippen MR) is 99.4 cm³/mol. The standard InChI is InChI=1S/C21H20FN3O3/c1-13-23-20(25-28-13)12-27-19-8-3-2-6-17(19)21(26)24-18-7-4-5-14-11-15(22)9-10-16(14)18/h2-3,6,8-11,18H,4-5,7,12H2,1H3,(H,24,26)/t18-/m1/s1. The van der Waals surface area contributed by atoms with E-state index in [9.17, 15) is 9.18 Å². The monoisotopic (exact) mass is 381 g/mol. The first-order chi connectivity index (χ1) is 13.6. The minimum atomic E-state index is -0.249. The molecular weight excluding hydrogens is 361 g/mol. The molecule has 4 rings (SSSR count). The Hall–Kier alpha value is -3.22.